The van der Waals surface area contributed by atoms with Gasteiger partial charge in [-0.1, -0.05) is 17.3 Å². The zero-order chi connectivity index (χ0) is 18.5. The van der Waals surface area contributed by atoms with Crippen molar-refractivity contribution in [2.45, 2.75) is 44.7 Å². The van der Waals surface area contributed by atoms with Gasteiger partial charge in [-0.2, -0.15) is 0 Å². The molecular weight excluding hydrogens is 339 g/mol. The molecule has 2 heterocycles. The van der Waals surface area contributed by atoms with E-state index in [1.54, 1.807) is 23.2 Å². The molecule has 0 aliphatic carbocycles. The van der Waals surface area contributed by atoms with Crippen molar-refractivity contribution in [1.29, 1.82) is 0 Å². The molecule has 1 aromatic heterocycles. The van der Waals surface area contributed by atoms with E-state index in [4.69, 9.17) is 5.11 Å². The lowest BCUT2D eigenvalue weighted by atomic mass is 9.97. The summed E-state index contributed by atoms with van der Waals surface area (Å²) in [5.74, 6) is -1.41. The molecule has 0 bridgehead atoms. The summed E-state index contributed by atoms with van der Waals surface area (Å²) in [7, 11) is 0. The minimum absolute atomic E-state index is 0.0424. The first-order chi connectivity index (χ1) is 12.5. The highest BCUT2D eigenvalue weighted by atomic mass is 19.1. The lowest BCUT2D eigenvalue weighted by Gasteiger charge is -2.35. The number of amides is 1. The molecule has 1 N–H and O–H groups in total. The van der Waals surface area contributed by atoms with E-state index in [1.807, 2.05) is 0 Å². The van der Waals surface area contributed by atoms with E-state index in [0.717, 1.165) is 24.8 Å². The Kier molecular flexibility index (Phi) is 5.60. The molecule has 1 aromatic carbocycles. The van der Waals surface area contributed by atoms with Crippen LogP contribution in [0.1, 0.15) is 48.2 Å². The van der Waals surface area contributed by atoms with Gasteiger partial charge in [0.05, 0.1) is 12.7 Å². The molecule has 1 aliphatic heterocycles. The van der Waals surface area contributed by atoms with E-state index in [9.17, 15) is 14.0 Å². The van der Waals surface area contributed by atoms with Crippen molar-refractivity contribution >= 4 is 11.9 Å². The number of carbonyl (C=O) groups is 2. The van der Waals surface area contributed by atoms with Crippen LogP contribution in [0.2, 0.25) is 0 Å². The van der Waals surface area contributed by atoms with Crippen molar-refractivity contribution in [3.8, 4) is 0 Å². The van der Waals surface area contributed by atoms with E-state index < -0.39 is 5.97 Å². The number of nitrogens with zero attached hydrogens (tertiary/aromatic N) is 4. The smallest absolute Gasteiger partial charge is 0.303 e. The normalized spacial score (nSPS) is 17.3. The summed E-state index contributed by atoms with van der Waals surface area (Å²) in [6.07, 6.45) is 4.72. The van der Waals surface area contributed by atoms with Crippen molar-refractivity contribution in [3.05, 3.63) is 47.5 Å². The second-order valence-electron chi connectivity index (χ2n) is 6.51. The second-order valence-corrected chi connectivity index (χ2v) is 6.51. The van der Waals surface area contributed by atoms with Gasteiger partial charge in [0.15, 0.2) is 5.69 Å². The molecule has 138 valence electrons. The van der Waals surface area contributed by atoms with Gasteiger partial charge in [-0.3, -0.25) is 9.59 Å². The molecule has 8 heteroatoms. The van der Waals surface area contributed by atoms with E-state index in [-0.39, 0.29) is 29.9 Å². The predicted molar refractivity (Wildman–Crippen MR) is 91.1 cm³/mol. The van der Waals surface area contributed by atoms with E-state index in [2.05, 4.69) is 10.3 Å². The topological polar surface area (TPSA) is 88.3 Å². The number of carboxylic acid groups (broad SMARTS) is 1. The Hall–Kier alpha value is -2.77. The zero-order valence-electron chi connectivity index (χ0n) is 14.3. The summed E-state index contributed by atoms with van der Waals surface area (Å²) >= 11 is 0. The van der Waals surface area contributed by atoms with Crippen LogP contribution in [0, 0.1) is 5.82 Å². The molecule has 0 radical (unpaired) electrons. The van der Waals surface area contributed by atoms with Gasteiger partial charge in [-0.25, -0.2) is 9.07 Å². The molecule has 1 amide bonds. The van der Waals surface area contributed by atoms with Crippen molar-refractivity contribution in [2.24, 2.45) is 0 Å². The van der Waals surface area contributed by atoms with Gasteiger partial charge >= 0.3 is 5.97 Å². The largest absolute Gasteiger partial charge is 0.481 e. The molecule has 1 fully saturated rings. The molecule has 7 nitrogen and oxygen atoms in total. The third-order valence-corrected chi connectivity index (χ3v) is 4.57. The van der Waals surface area contributed by atoms with Crippen molar-refractivity contribution < 1.29 is 19.1 Å². The summed E-state index contributed by atoms with van der Waals surface area (Å²) < 4.78 is 14.8. The first-order valence-corrected chi connectivity index (χ1v) is 8.70. The number of likely N-dealkylation sites (tertiary alicyclic amines) is 1. The molecule has 0 spiro atoms. The molecule has 0 saturated carbocycles. The fourth-order valence-corrected chi connectivity index (χ4v) is 3.30. The number of aromatic nitrogens is 3. The highest BCUT2D eigenvalue weighted by Crippen LogP contribution is 2.22. The van der Waals surface area contributed by atoms with Gasteiger partial charge < -0.3 is 10.0 Å². The molecule has 1 atom stereocenters. The Bertz CT molecular complexity index is 792. The van der Waals surface area contributed by atoms with Crippen LogP contribution in [0.5, 0.6) is 0 Å². The fourth-order valence-electron chi connectivity index (χ4n) is 3.30. The standard InChI is InChI=1S/C18H21FN4O3/c19-14-5-3-4-13(10-14)11-22-12-16(20-21-22)18(26)23-9-2-1-6-15(23)7-8-17(24)25/h3-5,10,12,15H,1-2,6-9,11H2,(H,24,25)/t15-/m1/s1. The Morgan fingerprint density at radius 3 is 2.92 bits per heavy atom. The van der Waals surface area contributed by atoms with Gasteiger partial charge in [0, 0.05) is 19.0 Å². The molecular formula is C18H21FN4O3. The number of aliphatic carboxylic acids is 1. The van der Waals surface area contributed by atoms with Crippen LogP contribution < -0.4 is 0 Å². The highest BCUT2D eigenvalue weighted by molar-refractivity contribution is 5.92. The summed E-state index contributed by atoms with van der Waals surface area (Å²) in [5, 5.41) is 16.8. The lowest BCUT2D eigenvalue weighted by Crippen LogP contribution is -2.44. The maximum absolute atomic E-state index is 13.3. The number of hydrogen-bond donors (Lipinski definition) is 1. The summed E-state index contributed by atoms with van der Waals surface area (Å²) in [4.78, 5) is 25.3. The number of halogens is 1. The van der Waals surface area contributed by atoms with Gasteiger partial charge in [-0.15, -0.1) is 5.10 Å². The quantitative estimate of drug-likeness (QED) is 0.854. The van der Waals surface area contributed by atoms with Gasteiger partial charge in [0.1, 0.15) is 5.82 Å². The Morgan fingerprint density at radius 2 is 2.15 bits per heavy atom. The maximum Gasteiger partial charge on any atom is 0.303 e. The van der Waals surface area contributed by atoms with Crippen molar-refractivity contribution in [2.75, 3.05) is 6.54 Å². The highest BCUT2D eigenvalue weighted by Gasteiger charge is 2.29. The van der Waals surface area contributed by atoms with Crippen LogP contribution in [0.15, 0.2) is 30.5 Å². The number of hydrogen-bond acceptors (Lipinski definition) is 4. The predicted octanol–water partition coefficient (Wildman–Crippen LogP) is 2.33. The summed E-state index contributed by atoms with van der Waals surface area (Å²) in [5.41, 5.74) is 0.954. The Morgan fingerprint density at radius 1 is 1.31 bits per heavy atom. The zero-order valence-corrected chi connectivity index (χ0v) is 14.3. The summed E-state index contributed by atoms with van der Waals surface area (Å²) in [6.45, 7) is 0.917. The van der Waals surface area contributed by atoms with Crippen LogP contribution >= 0.6 is 0 Å². The SMILES string of the molecule is O=C(O)CC[C@H]1CCCCN1C(=O)c1cn(Cc2cccc(F)c2)nn1. The third kappa shape index (κ3) is 4.44. The molecule has 0 unspecified atom stereocenters. The first-order valence-electron chi connectivity index (χ1n) is 8.70. The molecule has 1 aliphatic rings. The molecule has 26 heavy (non-hydrogen) atoms. The van der Waals surface area contributed by atoms with Crippen LogP contribution in [-0.2, 0) is 11.3 Å². The Labute approximate surface area is 150 Å². The molecule has 1 saturated heterocycles. The van der Waals surface area contributed by atoms with Gasteiger partial charge in [0.25, 0.3) is 5.91 Å². The van der Waals surface area contributed by atoms with Crippen molar-refractivity contribution in [3.63, 3.8) is 0 Å². The number of piperidine rings is 1. The van der Waals surface area contributed by atoms with Gasteiger partial charge in [-0.05, 0) is 43.4 Å². The van der Waals surface area contributed by atoms with E-state index in [1.165, 1.54) is 16.8 Å². The molecule has 2 aromatic rings. The minimum atomic E-state index is -0.857. The number of carboxylic acids is 1. The van der Waals surface area contributed by atoms with Crippen LogP contribution in [0.25, 0.3) is 0 Å². The number of carbonyl (C=O) groups excluding carboxylic acids is 1. The Balaban J connectivity index is 1.68. The lowest BCUT2D eigenvalue weighted by molar-refractivity contribution is -0.137. The third-order valence-electron chi connectivity index (χ3n) is 4.57. The van der Waals surface area contributed by atoms with Crippen LogP contribution in [-0.4, -0.2) is 49.5 Å². The van der Waals surface area contributed by atoms with Gasteiger partial charge in [0.2, 0.25) is 0 Å². The summed E-state index contributed by atoms with van der Waals surface area (Å²) in [6, 6.07) is 6.09. The maximum atomic E-state index is 13.3. The average molecular weight is 360 g/mol. The monoisotopic (exact) mass is 360 g/mol. The number of rotatable bonds is 6. The van der Waals surface area contributed by atoms with E-state index >= 15 is 0 Å². The van der Waals surface area contributed by atoms with Crippen LogP contribution in [0.4, 0.5) is 4.39 Å². The fraction of sp³-hybridized carbons (Fsp3) is 0.444. The first kappa shape index (κ1) is 18.0. The number of benzene rings is 1. The van der Waals surface area contributed by atoms with E-state index in [0.29, 0.717) is 19.5 Å². The van der Waals surface area contributed by atoms with Crippen molar-refractivity contribution in [1.82, 2.24) is 19.9 Å². The average Bonchev–Trinajstić information content (AvgIpc) is 3.08. The molecule has 3 rings (SSSR count). The second kappa shape index (κ2) is 8.07. The van der Waals surface area contributed by atoms with Crippen LogP contribution in [0.3, 0.4) is 0 Å². The minimum Gasteiger partial charge on any atom is -0.481 e.